The van der Waals surface area contributed by atoms with Gasteiger partial charge in [0.05, 0.1) is 26.9 Å². The van der Waals surface area contributed by atoms with Crippen LogP contribution in [-0.2, 0) is 16.0 Å². The SMILES string of the molecule is COc1cc2c3c(c1OC)-c1c(OC)cc(O)cc1C(=O)C3=[N+](C)CC2.O=C(O)/C=C/C(=O)O. The molecular formula is C24H24NO9+. The largest absolute Gasteiger partial charge is 0.508 e. The molecule has 0 unspecified atom stereocenters. The lowest BCUT2D eigenvalue weighted by molar-refractivity contribution is -0.496. The number of phenolic OH excluding ortho intramolecular Hbond substituents is 1. The molecule has 2 aromatic rings. The fourth-order valence-electron chi connectivity index (χ4n) is 4.10. The van der Waals surface area contributed by atoms with Gasteiger partial charge in [0, 0.05) is 41.3 Å². The molecule has 10 nitrogen and oxygen atoms in total. The summed E-state index contributed by atoms with van der Waals surface area (Å²) < 4.78 is 18.7. The van der Waals surface area contributed by atoms with Crippen LogP contribution in [0.4, 0.5) is 0 Å². The number of carboxylic acid groups (broad SMARTS) is 2. The van der Waals surface area contributed by atoms with E-state index in [1.54, 1.807) is 14.2 Å². The number of benzene rings is 2. The molecule has 0 saturated carbocycles. The van der Waals surface area contributed by atoms with Crippen molar-refractivity contribution in [2.75, 3.05) is 34.9 Å². The van der Waals surface area contributed by atoms with Gasteiger partial charge in [-0.2, -0.15) is 0 Å². The molecule has 4 rings (SSSR count). The molecule has 1 aliphatic heterocycles. The number of rotatable bonds is 5. The van der Waals surface area contributed by atoms with Gasteiger partial charge in [0.25, 0.3) is 11.5 Å². The number of likely N-dealkylation sites (N-methyl/N-ethyl adjacent to an activating group) is 1. The third-order valence-corrected chi connectivity index (χ3v) is 5.47. The highest BCUT2D eigenvalue weighted by molar-refractivity contribution is 6.54. The van der Waals surface area contributed by atoms with E-state index < -0.39 is 11.9 Å². The number of methoxy groups -OCH3 is 3. The Hall–Kier alpha value is -4.34. The molecule has 0 aromatic heterocycles. The van der Waals surface area contributed by atoms with Crippen molar-refractivity contribution in [3.05, 3.63) is 47.0 Å². The van der Waals surface area contributed by atoms with Gasteiger partial charge in [-0.3, -0.25) is 4.79 Å². The standard InChI is InChI=1S/C20H19NO5.C4H4O4/c1-21-6-5-10-7-14(25-3)20(26-4)17-15(10)18(21)19(23)12-8-11(22)9-13(24-2)16(12)17;5-3(6)1-2-4(7)8/h7-9H,5-6H2,1-4H3;1-2H,(H,5,6)(H,7,8)/p+1/b;2-1+. The van der Waals surface area contributed by atoms with Gasteiger partial charge in [-0.1, -0.05) is 0 Å². The molecule has 0 bridgehead atoms. The number of hydrogen-bond donors (Lipinski definition) is 3. The molecule has 0 fully saturated rings. The summed E-state index contributed by atoms with van der Waals surface area (Å²) in [4.78, 5) is 32.4. The maximum absolute atomic E-state index is 13.3. The Labute approximate surface area is 194 Å². The molecule has 1 heterocycles. The number of carboxylic acids is 2. The number of carbonyl (C=O) groups is 3. The first kappa shape index (κ1) is 24.3. The summed E-state index contributed by atoms with van der Waals surface area (Å²) in [5, 5.41) is 25.7. The molecule has 34 heavy (non-hydrogen) atoms. The molecule has 10 heteroatoms. The van der Waals surface area contributed by atoms with Crippen molar-refractivity contribution in [2.45, 2.75) is 6.42 Å². The first-order chi connectivity index (χ1) is 16.1. The van der Waals surface area contributed by atoms with Crippen LogP contribution in [0.3, 0.4) is 0 Å². The lowest BCUT2D eigenvalue weighted by Crippen LogP contribution is -2.36. The number of phenols is 1. The summed E-state index contributed by atoms with van der Waals surface area (Å²) >= 11 is 0. The number of ketones is 1. The van der Waals surface area contributed by atoms with E-state index >= 15 is 0 Å². The predicted octanol–water partition coefficient (Wildman–Crippen LogP) is 1.98. The smallest absolute Gasteiger partial charge is 0.328 e. The maximum atomic E-state index is 13.3. The Morgan fingerprint density at radius 3 is 2.06 bits per heavy atom. The van der Waals surface area contributed by atoms with Crippen molar-refractivity contribution in [1.29, 1.82) is 0 Å². The minimum atomic E-state index is -1.26. The normalized spacial score (nSPS) is 13.5. The third kappa shape index (κ3) is 4.29. The molecule has 2 aromatic carbocycles. The minimum absolute atomic E-state index is 0.0152. The highest BCUT2D eigenvalue weighted by Crippen LogP contribution is 2.51. The van der Waals surface area contributed by atoms with Crippen LogP contribution in [0, 0.1) is 0 Å². The maximum Gasteiger partial charge on any atom is 0.328 e. The van der Waals surface area contributed by atoms with Crippen molar-refractivity contribution < 1.29 is 48.5 Å². The summed E-state index contributed by atoms with van der Waals surface area (Å²) in [7, 11) is 6.60. The average Bonchev–Trinajstić information content (AvgIpc) is 2.80. The van der Waals surface area contributed by atoms with Crippen LogP contribution in [0.15, 0.2) is 30.4 Å². The van der Waals surface area contributed by atoms with Crippen LogP contribution in [-0.4, -0.2) is 78.3 Å². The molecule has 0 saturated heterocycles. The molecule has 0 radical (unpaired) electrons. The van der Waals surface area contributed by atoms with Gasteiger partial charge in [0.15, 0.2) is 11.5 Å². The van der Waals surface area contributed by atoms with Gasteiger partial charge in [-0.25, -0.2) is 14.2 Å². The minimum Gasteiger partial charge on any atom is -0.508 e. The lowest BCUT2D eigenvalue weighted by atomic mass is 9.78. The van der Waals surface area contributed by atoms with E-state index in [0.29, 0.717) is 46.2 Å². The van der Waals surface area contributed by atoms with E-state index in [2.05, 4.69) is 0 Å². The van der Waals surface area contributed by atoms with Crippen LogP contribution >= 0.6 is 0 Å². The van der Waals surface area contributed by atoms with Gasteiger partial charge in [-0.05, 0) is 17.7 Å². The Balaban J connectivity index is 0.000000350. The van der Waals surface area contributed by atoms with Crippen molar-refractivity contribution in [1.82, 2.24) is 0 Å². The second kappa shape index (κ2) is 9.65. The Bertz CT molecular complexity index is 1240. The van der Waals surface area contributed by atoms with Crippen LogP contribution in [0.25, 0.3) is 11.1 Å². The molecule has 0 spiro atoms. The lowest BCUT2D eigenvalue weighted by Gasteiger charge is -2.28. The van der Waals surface area contributed by atoms with Crippen LogP contribution in [0.1, 0.15) is 21.5 Å². The van der Waals surface area contributed by atoms with Gasteiger partial charge in [0.2, 0.25) is 0 Å². The van der Waals surface area contributed by atoms with Crippen LogP contribution in [0.2, 0.25) is 0 Å². The molecule has 2 aliphatic rings. The van der Waals surface area contributed by atoms with Crippen molar-refractivity contribution in [3.63, 3.8) is 0 Å². The number of aromatic hydroxyl groups is 1. The number of ether oxygens (including phenoxy) is 3. The van der Waals surface area contributed by atoms with E-state index in [1.165, 1.54) is 19.2 Å². The molecule has 0 atom stereocenters. The highest BCUT2D eigenvalue weighted by atomic mass is 16.5. The van der Waals surface area contributed by atoms with Crippen LogP contribution in [0.5, 0.6) is 23.0 Å². The number of hydrogen-bond acceptors (Lipinski definition) is 7. The zero-order valence-corrected chi connectivity index (χ0v) is 19.0. The van der Waals surface area contributed by atoms with Gasteiger partial charge >= 0.3 is 11.9 Å². The molecule has 3 N–H and O–H groups in total. The Kier molecular flexibility index (Phi) is 6.90. The number of Topliss-reactive ketones (excluding diaryl/α,β-unsaturated/α-hetero) is 1. The van der Waals surface area contributed by atoms with Crippen molar-refractivity contribution in [2.24, 2.45) is 0 Å². The predicted molar refractivity (Wildman–Crippen MR) is 121 cm³/mol. The molecule has 1 aliphatic carbocycles. The quantitative estimate of drug-likeness (QED) is 0.441. The summed E-state index contributed by atoms with van der Waals surface area (Å²) in [5.41, 5.74) is 4.31. The monoisotopic (exact) mass is 470 g/mol. The third-order valence-electron chi connectivity index (χ3n) is 5.47. The number of carbonyl (C=O) groups excluding carboxylic acids is 1. The van der Waals surface area contributed by atoms with E-state index in [4.69, 9.17) is 24.4 Å². The van der Waals surface area contributed by atoms with E-state index in [0.717, 1.165) is 29.7 Å². The molecule has 178 valence electrons. The number of aliphatic carboxylic acids is 2. The second-order valence-electron chi connectivity index (χ2n) is 7.45. The van der Waals surface area contributed by atoms with E-state index in [1.807, 2.05) is 17.7 Å². The zero-order chi connectivity index (χ0) is 25.2. The van der Waals surface area contributed by atoms with E-state index in [-0.39, 0.29) is 11.5 Å². The first-order valence-corrected chi connectivity index (χ1v) is 10.1. The Morgan fingerprint density at radius 2 is 1.53 bits per heavy atom. The molecule has 0 amide bonds. The molecular weight excluding hydrogens is 446 g/mol. The Morgan fingerprint density at radius 1 is 0.912 bits per heavy atom. The van der Waals surface area contributed by atoms with Crippen LogP contribution < -0.4 is 14.2 Å². The second-order valence-corrected chi connectivity index (χ2v) is 7.45. The fourth-order valence-corrected chi connectivity index (χ4v) is 4.10. The fraction of sp³-hybridized carbons (Fsp3) is 0.250. The number of nitrogens with zero attached hydrogens (tertiary/aromatic N) is 1. The summed E-state index contributed by atoms with van der Waals surface area (Å²) in [6.07, 6.45) is 1.91. The summed E-state index contributed by atoms with van der Waals surface area (Å²) in [6.45, 7) is 0.730. The van der Waals surface area contributed by atoms with Gasteiger partial charge in [-0.15, -0.1) is 0 Å². The number of fused-ring (bicyclic) bond motifs is 2. The van der Waals surface area contributed by atoms with E-state index in [9.17, 15) is 19.5 Å². The zero-order valence-electron chi connectivity index (χ0n) is 19.0. The van der Waals surface area contributed by atoms with Crippen molar-refractivity contribution >= 4 is 23.4 Å². The van der Waals surface area contributed by atoms with Crippen molar-refractivity contribution in [3.8, 4) is 34.1 Å². The van der Waals surface area contributed by atoms with Gasteiger partial charge < -0.3 is 29.5 Å². The summed E-state index contributed by atoms with van der Waals surface area (Å²) in [5.74, 6) is -1.07. The summed E-state index contributed by atoms with van der Waals surface area (Å²) in [6, 6.07) is 4.93. The topological polar surface area (TPSA) is 143 Å². The average molecular weight is 470 g/mol. The van der Waals surface area contributed by atoms with Gasteiger partial charge in [0.1, 0.15) is 25.1 Å². The highest BCUT2D eigenvalue weighted by Gasteiger charge is 2.43. The first-order valence-electron chi connectivity index (χ1n) is 10.1.